The topological polar surface area (TPSA) is 116 Å². The van der Waals surface area contributed by atoms with E-state index in [1.165, 1.54) is 24.3 Å². The van der Waals surface area contributed by atoms with Gasteiger partial charge < -0.3 is 9.84 Å². The summed E-state index contributed by atoms with van der Waals surface area (Å²) < 4.78 is 4.77. The largest absolute Gasteiger partial charge is 0.466 e. The van der Waals surface area contributed by atoms with Crippen molar-refractivity contribution in [2.24, 2.45) is 5.73 Å². The van der Waals surface area contributed by atoms with Gasteiger partial charge in [-0.3, -0.25) is 20.6 Å². The first-order valence-corrected chi connectivity index (χ1v) is 6.28. The molecule has 1 atom stereocenters. The maximum absolute atomic E-state index is 11.2. The summed E-state index contributed by atoms with van der Waals surface area (Å²) in [5, 5.41) is 20.6. The second-order valence-corrected chi connectivity index (χ2v) is 4.39. The molecule has 0 radical (unpaired) electrons. The van der Waals surface area contributed by atoms with Crippen LogP contribution in [0.4, 0.5) is 5.69 Å². The molecule has 0 saturated heterocycles. The van der Waals surface area contributed by atoms with Crippen molar-refractivity contribution in [3.8, 4) is 0 Å². The van der Waals surface area contributed by atoms with Gasteiger partial charge in [-0.1, -0.05) is 0 Å². The Bertz CT molecular complexity index is 470. The number of benzene rings is 1. The van der Waals surface area contributed by atoms with Crippen molar-refractivity contribution in [1.82, 2.24) is 0 Å². The van der Waals surface area contributed by atoms with E-state index in [-0.39, 0.29) is 24.5 Å². The zero-order valence-electron chi connectivity index (χ0n) is 11.2. The van der Waals surface area contributed by atoms with Crippen molar-refractivity contribution >= 4 is 11.7 Å². The summed E-state index contributed by atoms with van der Waals surface area (Å²) in [6, 6.07) is 5.36. The molecular weight excluding hydrogens is 264 g/mol. The summed E-state index contributed by atoms with van der Waals surface area (Å²) in [6.07, 6.45) is 0.687. The van der Waals surface area contributed by atoms with Gasteiger partial charge in [0.1, 0.15) is 5.72 Å². The molecule has 0 aromatic heterocycles. The van der Waals surface area contributed by atoms with Crippen LogP contribution in [-0.2, 0) is 15.3 Å². The average molecular weight is 282 g/mol. The van der Waals surface area contributed by atoms with E-state index in [1.54, 1.807) is 6.92 Å². The van der Waals surface area contributed by atoms with E-state index in [2.05, 4.69) is 0 Å². The van der Waals surface area contributed by atoms with Crippen LogP contribution in [0.1, 0.15) is 31.7 Å². The second kappa shape index (κ2) is 6.97. The number of nitrogens with two attached hydrogens (primary N) is 1. The number of nitrogens with zero attached hydrogens (tertiary/aromatic N) is 1. The number of carbonyl (C=O) groups is 1. The van der Waals surface area contributed by atoms with Crippen LogP contribution in [0.5, 0.6) is 0 Å². The standard InChI is InChI=1S/C13H18N2O5/c1-2-20-12(16)4-3-9-13(14,17)10-5-7-11(8-6-10)15(18)19/h5-8,17H,2-4,9,14H2,1H3. The van der Waals surface area contributed by atoms with E-state index < -0.39 is 10.6 Å². The highest BCUT2D eigenvalue weighted by Crippen LogP contribution is 2.23. The van der Waals surface area contributed by atoms with Gasteiger partial charge in [0.25, 0.3) is 5.69 Å². The number of nitro benzene ring substituents is 1. The molecule has 0 saturated carbocycles. The number of hydrogen-bond acceptors (Lipinski definition) is 6. The number of esters is 1. The number of rotatable bonds is 7. The third-order valence-corrected chi connectivity index (χ3v) is 2.82. The Morgan fingerprint density at radius 3 is 2.55 bits per heavy atom. The summed E-state index contributed by atoms with van der Waals surface area (Å²) in [5.41, 5.74) is 4.43. The number of nitro groups is 1. The van der Waals surface area contributed by atoms with Crippen LogP contribution < -0.4 is 5.73 Å². The summed E-state index contributed by atoms with van der Waals surface area (Å²) >= 11 is 0. The Balaban J connectivity index is 2.59. The molecule has 3 N–H and O–H groups in total. The monoisotopic (exact) mass is 282 g/mol. The molecule has 0 heterocycles. The first-order valence-electron chi connectivity index (χ1n) is 6.28. The van der Waals surface area contributed by atoms with Gasteiger partial charge in [0.15, 0.2) is 0 Å². The van der Waals surface area contributed by atoms with Gasteiger partial charge in [0.2, 0.25) is 0 Å². The minimum atomic E-state index is -1.62. The number of aliphatic hydroxyl groups is 1. The van der Waals surface area contributed by atoms with E-state index in [4.69, 9.17) is 10.5 Å². The van der Waals surface area contributed by atoms with E-state index in [0.717, 1.165) is 0 Å². The molecular formula is C13H18N2O5. The van der Waals surface area contributed by atoms with Crippen LogP contribution in [0.25, 0.3) is 0 Å². The molecule has 1 aromatic rings. The number of hydrogen-bond donors (Lipinski definition) is 2. The molecule has 110 valence electrons. The van der Waals surface area contributed by atoms with Gasteiger partial charge in [-0.05, 0) is 37.5 Å². The van der Waals surface area contributed by atoms with Crippen molar-refractivity contribution in [3.63, 3.8) is 0 Å². The van der Waals surface area contributed by atoms with Crippen LogP contribution in [0, 0.1) is 10.1 Å². The van der Waals surface area contributed by atoms with Crippen LogP contribution >= 0.6 is 0 Å². The highest BCUT2D eigenvalue weighted by Gasteiger charge is 2.24. The normalized spacial score (nSPS) is 13.6. The molecule has 0 amide bonds. The fourth-order valence-electron chi connectivity index (χ4n) is 1.75. The Morgan fingerprint density at radius 2 is 2.05 bits per heavy atom. The van der Waals surface area contributed by atoms with E-state index in [1.807, 2.05) is 0 Å². The third-order valence-electron chi connectivity index (χ3n) is 2.82. The Labute approximate surface area is 116 Å². The summed E-state index contributed by atoms with van der Waals surface area (Å²) in [7, 11) is 0. The SMILES string of the molecule is CCOC(=O)CCCC(N)(O)c1ccc([N+](=O)[O-])cc1. The lowest BCUT2D eigenvalue weighted by Crippen LogP contribution is -2.36. The fraction of sp³-hybridized carbons (Fsp3) is 0.462. The predicted octanol–water partition coefficient (Wildman–Crippen LogP) is 1.43. The molecule has 1 unspecified atom stereocenters. The molecule has 0 aliphatic carbocycles. The Morgan fingerprint density at radius 1 is 1.45 bits per heavy atom. The quantitative estimate of drug-likeness (QED) is 0.338. The summed E-state index contributed by atoms with van der Waals surface area (Å²) in [6.45, 7) is 2.03. The lowest BCUT2D eigenvalue weighted by molar-refractivity contribution is -0.384. The van der Waals surface area contributed by atoms with Crippen molar-refractivity contribution in [1.29, 1.82) is 0 Å². The first kappa shape index (κ1) is 16.1. The molecule has 0 aliphatic heterocycles. The van der Waals surface area contributed by atoms with Gasteiger partial charge >= 0.3 is 5.97 Å². The molecule has 20 heavy (non-hydrogen) atoms. The van der Waals surface area contributed by atoms with Crippen LogP contribution in [-0.4, -0.2) is 22.6 Å². The third kappa shape index (κ3) is 4.60. The number of non-ortho nitro benzene ring substituents is 1. The van der Waals surface area contributed by atoms with Crippen molar-refractivity contribution < 1.29 is 19.6 Å². The van der Waals surface area contributed by atoms with E-state index >= 15 is 0 Å². The molecule has 7 nitrogen and oxygen atoms in total. The lowest BCUT2D eigenvalue weighted by atomic mass is 9.97. The smallest absolute Gasteiger partial charge is 0.305 e. The highest BCUT2D eigenvalue weighted by molar-refractivity contribution is 5.69. The molecule has 7 heteroatoms. The molecule has 0 fully saturated rings. The van der Waals surface area contributed by atoms with Gasteiger partial charge in [0.05, 0.1) is 11.5 Å². The van der Waals surface area contributed by atoms with Gasteiger partial charge in [0, 0.05) is 18.6 Å². The van der Waals surface area contributed by atoms with Crippen LogP contribution in [0.15, 0.2) is 24.3 Å². The first-order chi connectivity index (χ1) is 9.36. The number of ether oxygens (including phenoxy) is 1. The Kier molecular flexibility index (Phi) is 5.60. The average Bonchev–Trinajstić information content (AvgIpc) is 2.39. The second-order valence-electron chi connectivity index (χ2n) is 4.39. The predicted molar refractivity (Wildman–Crippen MR) is 71.7 cm³/mol. The molecule has 0 aliphatic rings. The molecule has 0 spiro atoms. The maximum atomic E-state index is 11.2. The van der Waals surface area contributed by atoms with Crippen LogP contribution in [0.2, 0.25) is 0 Å². The Hall–Kier alpha value is -1.99. The van der Waals surface area contributed by atoms with Crippen LogP contribution in [0.3, 0.4) is 0 Å². The van der Waals surface area contributed by atoms with Crippen molar-refractivity contribution in [2.45, 2.75) is 31.9 Å². The van der Waals surface area contributed by atoms with E-state index in [0.29, 0.717) is 18.6 Å². The highest BCUT2D eigenvalue weighted by atomic mass is 16.6. The van der Waals surface area contributed by atoms with Gasteiger partial charge in [-0.25, -0.2) is 0 Å². The molecule has 0 bridgehead atoms. The summed E-state index contributed by atoms with van der Waals surface area (Å²) in [4.78, 5) is 21.2. The van der Waals surface area contributed by atoms with Gasteiger partial charge in [-0.2, -0.15) is 0 Å². The zero-order chi connectivity index (χ0) is 15.2. The minimum Gasteiger partial charge on any atom is -0.466 e. The molecule has 1 rings (SSSR count). The fourth-order valence-corrected chi connectivity index (χ4v) is 1.75. The summed E-state index contributed by atoms with van der Waals surface area (Å²) in [5.74, 6) is -0.341. The zero-order valence-corrected chi connectivity index (χ0v) is 11.2. The van der Waals surface area contributed by atoms with Crippen molar-refractivity contribution in [3.05, 3.63) is 39.9 Å². The molecule has 1 aromatic carbocycles. The minimum absolute atomic E-state index is 0.0731. The van der Waals surface area contributed by atoms with E-state index in [9.17, 15) is 20.0 Å². The van der Waals surface area contributed by atoms with Gasteiger partial charge in [-0.15, -0.1) is 0 Å². The lowest BCUT2D eigenvalue weighted by Gasteiger charge is -2.23. The number of carbonyl (C=O) groups excluding carboxylic acids is 1. The van der Waals surface area contributed by atoms with Crippen molar-refractivity contribution in [2.75, 3.05) is 6.61 Å². The maximum Gasteiger partial charge on any atom is 0.305 e.